The van der Waals surface area contributed by atoms with E-state index in [2.05, 4.69) is 10.3 Å². The number of thiophene rings is 1. The van der Waals surface area contributed by atoms with E-state index in [1.54, 1.807) is 29.6 Å². The average molecular weight is 457 g/mol. The minimum Gasteiger partial charge on any atom is -0.493 e. The third kappa shape index (κ3) is 4.14. The van der Waals surface area contributed by atoms with Crippen LogP contribution in [0.3, 0.4) is 0 Å². The number of nitrogens with one attached hydrogen (secondary N) is 1. The number of aromatic nitrogens is 1. The lowest BCUT2D eigenvalue weighted by Crippen LogP contribution is -2.29. The van der Waals surface area contributed by atoms with Gasteiger partial charge in [-0.05, 0) is 24.3 Å². The second-order valence-electron chi connectivity index (χ2n) is 6.48. The quantitative estimate of drug-likeness (QED) is 0.405. The second kappa shape index (κ2) is 8.83. The van der Waals surface area contributed by atoms with E-state index in [9.17, 15) is 14.0 Å². The molecule has 2 aromatic carbocycles. The van der Waals surface area contributed by atoms with Crippen LogP contribution in [-0.4, -0.2) is 37.4 Å². The molecule has 1 N–H and O–H groups in total. The van der Waals surface area contributed by atoms with Gasteiger partial charge in [0.25, 0.3) is 5.91 Å². The predicted molar refractivity (Wildman–Crippen MR) is 119 cm³/mol. The van der Waals surface area contributed by atoms with Crippen LogP contribution in [0.2, 0.25) is 0 Å². The second-order valence-corrected chi connectivity index (χ2v) is 8.22. The number of fused-ring (bicyclic) bond motifs is 1. The number of thiazole rings is 1. The molecule has 4 aromatic rings. The zero-order valence-electron chi connectivity index (χ0n) is 16.6. The van der Waals surface area contributed by atoms with Crippen molar-refractivity contribution < 1.29 is 23.5 Å². The van der Waals surface area contributed by atoms with Gasteiger partial charge >= 0.3 is 0 Å². The standard InChI is InChI=1S/C22H17FN2O4S2/c1-28-18-7-6-12(8-19(18)29-2)21(27)24-9-17(26)22-25-16(11-31-22)14-10-30-20-13(14)4-3-5-15(20)23/h3-8,10-11H,9H2,1-2H3,(H,24,27). The minimum absolute atomic E-state index is 0.195. The van der Waals surface area contributed by atoms with Gasteiger partial charge in [0.05, 0.1) is 31.2 Å². The van der Waals surface area contributed by atoms with Gasteiger partial charge in [-0.3, -0.25) is 9.59 Å². The summed E-state index contributed by atoms with van der Waals surface area (Å²) in [5.41, 5.74) is 1.73. The van der Waals surface area contributed by atoms with Crippen LogP contribution in [0.25, 0.3) is 21.3 Å². The highest BCUT2D eigenvalue weighted by molar-refractivity contribution is 7.18. The monoisotopic (exact) mass is 456 g/mol. The minimum atomic E-state index is -0.412. The molecule has 0 unspecified atom stereocenters. The Bertz CT molecular complexity index is 1280. The number of amides is 1. The number of ether oxygens (including phenoxy) is 2. The Kier molecular flexibility index (Phi) is 5.97. The number of hydrogen-bond donors (Lipinski definition) is 1. The maximum absolute atomic E-state index is 13.9. The van der Waals surface area contributed by atoms with Crippen molar-refractivity contribution in [3.8, 4) is 22.8 Å². The van der Waals surface area contributed by atoms with Crippen molar-refractivity contribution >= 4 is 44.5 Å². The van der Waals surface area contributed by atoms with E-state index in [4.69, 9.17) is 9.47 Å². The van der Waals surface area contributed by atoms with E-state index < -0.39 is 5.91 Å². The molecule has 158 valence electrons. The summed E-state index contributed by atoms with van der Waals surface area (Å²) in [7, 11) is 2.99. The molecule has 0 aliphatic carbocycles. The number of nitrogens with zero attached hydrogens (tertiary/aromatic N) is 1. The molecule has 0 aliphatic heterocycles. The zero-order chi connectivity index (χ0) is 22.0. The van der Waals surface area contributed by atoms with Crippen LogP contribution in [0.4, 0.5) is 4.39 Å². The molecule has 4 rings (SSSR count). The molecular weight excluding hydrogens is 439 g/mol. The first-order valence-electron chi connectivity index (χ1n) is 9.17. The third-order valence-corrected chi connectivity index (χ3v) is 6.51. The van der Waals surface area contributed by atoms with Crippen LogP contribution in [0.5, 0.6) is 11.5 Å². The number of hydrogen-bond acceptors (Lipinski definition) is 7. The highest BCUT2D eigenvalue weighted by atomic mass is 32.1. The highest BCUT2D eigenvalue weighted by Gasteiger charge is 2.17. The number of carbonyl (C=O) groups excluding carboxylic acids is 2. The molecule has 0 atom stereocenters. The van der Waals surface area contributed by atoms with Gasteiger partial charge in [-0.15, -0.1) is 22.7 Å². The summed E-state index contributed by atoms with van der Waals surface area (Å²) in [5, 5.41) is 7.23. The number of halogens is 1. The van der Waals surface area contributed by atoms with Gasteiger partial charge in [-0.1, -0.05) is 12.1 Å². The lowest BCUT2D eigenvalue weighted by atomic mass is 10.1. The fraction of sp³-hybridized carbons (Fsp3) is 0.136. The summed E-state index contributed by atoms with van der Waals surface area (Å²) in [4.78, 5) is 29.3. The predicted octanol–water partition coefficient (Wildman–Crippen LogP) is 4.79. The number of carbonyl (C=O) groups is 2. The van der Waals surface area contributed by atoms with Crippen molar-refractivity contribution in [3.63, 3.8) is 0 Å². The van der Waals surface area contributed by atoms with E-state index >= 15 is 0 Å². The van der Waals surface area contributed by atoms with Crippen molar-refractivity contribution in [1.82, 2.24) is 10.3 Å². The Morgan fingerprint density at radius 3 is 2.65 bits per heavy atom. The van der Waals surface area contributed by atoms with Gasteiger partial charge in [-0.25, -0.2) is 9.37 Å². The summed E-state index contributed by atoms with van der Waals surface area (Å²) in [6.45, 7) is -0.195. The first-order chi connectivity index (χ1) is 15.0. The van der Waals surface area contributed by atoms with Gasteiger partial charge in [0.1, 0.15) is 5.82 Å². The molecule has 6 nitrogen and oxygen atoms in total. The Balaban J connectivity index is 1.46. The lowest BCUT2D eigenvalue weighted by Gasteiger charge is -2.09. The van der Waals surface area contributed by atoms with E-state index in [0.717, 1.165) is 10.9 Å². The maximum atomic E-state index is 13.9. The van der Waals surface area contributed by atoms with E-state index in [1.165, 1.54) is 43.0 Å². The smallest absolute Gasteiger partial charge is 0.251 e. The molecule has 0 saturated heterocycles. The summed E-state index contributed by atoms with van der Waals surface area (Å²) in [5.74, 6) is -0.0731. The molecular formula is C22H17FN2O4S2. The molecule has 0 radical (unpaired) electrons. The Morgan fingerprint density at radius 1 is 1.06 bits per heavy atom. The van der Waals surface area contributed by atoms with Gasteiger partial charge in [0.2, 0.25) is 5.78 Å². The van der Waals surface area contributed by atoms with E-state index in [0.29, 0.717) is 27.5 Å². The largest absolute Gasteiger partial charge is 0.493 e. The summed E-state index contributed by atoms with van der Waals surface area (Å²) < 4.78 is 24.8. The molecule has 0 fully saturated rings. The molecule has 0 aliphatic rings. The molecule has 0 spiro atoms. The van der Waals surface area contributed by atoms with Crippen LogP contribution in [0.1, 0.15) is 20.2 Å². The van der Waals surface area contributed by atoms with Crippen molar-refractivity contribution in [2.45, 2.75) is 0 Å². The first kappa shape index (κ1) is 21.0. The average Bonchev–Trinajstić information content (AvgIpc) is 3.44. The lowest BCUT2D eigenvalue weighted by molar-refractivity contribution is 0.0904. The van der Waals surface area contributed by atoms with Crippen LogP contribution >= 0.6 is 22.7 Å². The van der Waals surface area contributed by atoms with Gasteiger partial charge < -0.3 is 14.8 Å². The fourth-order valence-corrected chi connectivity index (χ4v) is 4.79. The molecule has 1 amide bonds. The molecule has 0 bridgehead atoms. The van der Waals surface area contributed by atoms with Gasteiger partial charge in [-0.2, -0.15) is 0 Å². The number of benzene rings is 2. The topological polar surface area (TPSA) is 77.5 Å². The number of ketones is 1. The maximum Gasteiger partial charge on any atom is 0.251 e. The third-order valence-electron chi connectivity index (χ3n) is 4.63. The van der Waals surface area contributed by atoms with E-state index in [1.807, 2.05) is 11.4 Å². The van der Waals surface area contributed by atoms with Crippen molar-refractivity contribution in [1.29, 1.82) is 0 Å². The number of methoxy groups -OCH3 is 2. The Hall–Kier alpha value is -3.30. The normalized spacial score (nSPS) is 10.8. The summed E-state index contributed by atoms with van der Waals surface area (Å²) >= 11 is 2.49. The fourth-order valence-electron chi connectivity index (χ4n) is 3.06. The van der Waals surface area contributed by atoms with Crippen LogP contribution in [0.15, 0.2) is 47.2 Å². The Morgan fingerprint density at radius 2 is 1.87 bits per heavy atom. The van der Waals surface area contributed by atoms with Gasteiger partial charge in [0.15, 0.2) is 16.5 Å². The Labute approximate surface area is 185 Å². The van der Waals surface area contributed by atoms with Crippen LogP contribution < -0.4 is 14.8 Å². The highest BCUT2D eigenvalue weighted by Crippen LogP contribution is 2.35. The SMILES string of the molecule is COc1ccc(C(=O)NCC(=O)c2nc(-c3csc4c(F)cccc34)cs2)cc1OC. The summed E-state index contributed by atoms with van der Waals surface area (Å²) in [6.07, 6.45) is 0. The van der Waals surface area contributed by atoms with Crippen molar-refractivity contribution in [2.24, 2.45) is 0 Å². The molecule has 31 heavy (non-hydrogen) atoms. The zero-order valence-corrected chi connectivity index (χ0v) is 18.2. The molecule has 2 aromatic heterocycles. The molecule has 0 saturated carbocycles. The van der Waals surface area contributed by atoms with Gasteiger partial charge in [0, 0.05) is 27.3 Å². The molecule has 9 heteroatoms. The van der Waals surface area contributed by atoms with Crippen LogP contribution in [0, 0.1) is 5.82 Å². The van der Waals surface area contributed by atoms with E-state index in [-0.39, 0.29) is 23.2 Å². The molecule has 2 heterocycles. The van der Waals surface area contributed by atoms with Crippen molar-refractivity contribution in [2.75, 3.05) is 20.8 Å². The van der Waals surface area contributed by atoms with Crippen molar-refractivity contribution in [3.05, 3.63) is 63.5 Å². The number of Topliss-reactive ketones (excluding diaryl/α,β-unsaturated/α-hetero) is 1. The first-order valence-corrected chi connectivity index (χ1v) is 10.9. The summed E-state index contributed by atoms with van der Waals surface area (Å²) in [6, 6.07) is 9.64. The number of rotatable bonds is 7. The van der Waals surface area contributed by atoms with Crippen LogP contribution in [-0.2, 0) is 0 Å².